The normalized spacial score (nSPS) is 15.5. The highest BCUT2D eigenvalue weighted by Gasteiger charge is 2.26. The van der Waals surface area contributed by atoms with Gasteiger partial charge in [-0.05, 0) is 37.8 Å². The summed E-state index contributed by atoms with van der Waals surface area (Å²) < 4.78 is 44.6. The lowest BCUT2D eigenvalue weighted by Gasteiger charge is -2.32. The average Bonchev–Trinajstić information content (AvgIpc) is 3.32. The first-order chi connectivity index (χ1) is 17.7. The average molecular weight is 511 g/mol. The number of pyridine rings is 2. The molecule has 1 aromatic carbocycles. The molecule has 1 aliphatic heterocycles. The number of fused-ring (bicyclic) bond motifs is 1. The van der Waals surface area contributed by atoms with Gasteiger partial charge in [-0.15, -0.1) is 0 Å². The molecule has 1 fully saturated rings. The number of piperidine rings is 1. The summed E-state index contributed by atoms with van der Waals surface area (Å²) in [7, 11) is 3.59. The van der Waals surface area contributed by atoms with Crippen molar-refractivity contribution in [2.45, 2.75) is 38.2 Å². The van der Waals surface area contributed by atoms with Crippen molar-refractivity contribution in [3.8, 4) is 0 Å². The second-order valence-corrected chi connectivity index (χ2v) is 9.59. The first-order valence-corrected chi connectivity index (χ1v) is 12.3. The van der Waals surface area contributed by atoms with E-state index in [4.69, 9.17) is 0 Å². The third kappa shape index (κ3) is 4.68. The number of hydrogen-bond acceptors (Lipinski definition) is 5. The predicted octanol–water partition coefficient (Wildman–Crippen LogP) is 5.30. The maximum atomic E-state index is 14.8. The zero-order valence-corrected chi connectivity index (χ0v) is 21.0. The van der Waals surface area contributed by atoms with E-state index in [0.29, 0.717) is 16.9 Å². The van der Waals surface area contributed by atoms with Gasteiger partial charge in [0.25, 0.3) is 12.0 Å². The number of halogens is 3. The van der Waals surface area contributed by atoms with Gasteiger partial charge < -0.3 is 10.2 Å². The molecule has 1 N–H and O–H groups in total. The minimum Gasteiger partial charge on any atom is -0.378 e. The number of benzene rings is 1. The van der Waals surface area contributed by atoms with Crippen LogP contribution in [0.3, 0.4) is 0 Å². The molecular weight excluding hydrogens is 481 g/mol. The van der Waals surface area contributed by atoms with E-state index in [1.807, 2.05) is 25.4 Å². The molecule has 5 rings (SSSR count). The van der Waals surface area contributed by atoms with Crippen LogP contribution < -0.4 is 15.8 Å². The van der Waals surface area contributed by atoms with E-state index in [9.17, 15) is 18.0 Å². The van der Waals surface area contributed by atoms with Gasteiger partial charge in [-0.25, -0.2) is 18.2 Å². The van der Waals surface area contributed by atoms with Gasteiger partial charge in [0, 0.05) is 67.8 Å². The number of rotatable bonds is 6. The Morgan fingerprint density at radius 3 is 2.49 bits per heavy atom. The largest absolute Gasteiger partial charge is 0.378 e. The van der Waals surface area contributed by atoms with Crippen LogP contribution in [0.15, 0.2) is 53.6 Å². The van der Waals surface area contributed by atoms with Crippen molar-refractivity contribution >= 4 is 22.5 Å². The summed E-state index contributed by atoms with van der Waals surface area (Å²) in [4.78, 5) is 19.9. The van der Waals surface area contributed by atoms with Gasteiger partial charge in [0.1, 0.15) is 11.5 Å². The Morgan fingerprint density at radius 2 is 1.81 bits per heavy atom. The monoisotopic (exact) mass is 510 g/mol. The van der Waals surface area contributed by atoms with Crippen LogP contribution in [0, 0.1) is 5.82 Å². The lowest BCUT2D eigenvalue weighted by molar-refractivity contribution is 0.146. The zero-order valence-electron chi connectivity index (χ0n) is 21.0. The molecular formula is C27H29F3N6O. The summed E-state index contributed by atoms with van der Waals surface area (Å²) in [6, 6.07) is 9.06. The zero-order chi connectivity index (χ0) is 26.3. The molecule has 1 aliphatic rings. The standard InChI is InChI=1S/C27H29F3N6O/c1-16(18-5-4-6-19(24(18)28)25(29)30)32-22-7-11-31-26-21(22)15-20(27(37)35(26)3)17-8-13-36(14-9-17)23-10-12-34(2)33-23/h4-7,10-12,15-17,25H,8-9,13-14H2,1-3H3,(H,31,32)/t16-/m1/s1. The molecule has 4 aromatic rings. The predicted molar refractivity (Wildman–Crippen MR) is 138 cm³/mol. The number of aromatic nitrogens is 4. The summed E-state index contributed by atoms with van der Waals surface area (Å²) in [5, 5.41) is 8.46. The van der Waals surface area contributed by atoms with Crippen molar-refractivity contribution in [2.24, 2.45) is 14.1 Å². The molecule has 4 heterocycles. The summed E-state index contributed by atoms with van der Waals surface area (Å²) in [5.41, 5.74) is 1.31. The molecule has 0 spiro atoms. The SMILES string of the molecule is C[C@@H](Nc1ccnc2c1cc(C1CCN(c3ccn(C)n3)CC1)c(=O)n2C)c1cccc(C(F)F)c1F. The Bertz CT molecular complexity index is 1490. The van der Waals surface area contributed by atoms with Crippen LogP contribution >= 0.6 is 0 Å². The highest BCUT2D eigenvalue weighted by Crippen LogP contribution is 2.33. The van der Waals surface area contributed by atoms with E-state index >= 15 is 0 Å². The smallest absolute Gasteiger partial charge is 0.266 e. The second-order valence-electron chi connectivity index (χ2n) is 9.59. The Labute approximate surface area is 212 Å². The third-order valence-corrected chi connectivity index (χ3v) is 7.23. The molecule has 3 aromatic heterocycles. The number of aryl methyl sites for hydroxylation is 2. The van der Waals surface area contributed by atoms with Gasteiger partial charge in [-0.3, -0.25) is 14.0 Å². The van der Waals surface area contributed by atoms with Crippen LogP contribution in [0.4, 0.5) is 24.7 Å². The summed E-state index contributed by atoms with van der Waals surface area (Å²) in [6.45, 7) is 3.30. The number of hydrogen-bond donors (Lipinski definition) is 1. The van der Waals surface area contributed by atoms with E-state index in [1.54, 1.807) is 35.5 Å². The van der Waals surface area contributed by atoms with E-state index in [2.05, 4.69) is 20.3 Å². The fraction of sp³-hybridized carbons (Fsp3) is 0.370. The molecule has 37 heavy (non-hydrogen) atoms. The van der Waals surface area contributed by atoms with Crippen LogP contribution in [0.5, 0.6) is 0 Å². The number of anilines is 2. The van der Waals surface area contributed by atoms with Gasteiger partial charge >= 0.3 is 0 Å². The molecule has 1 atom stereocenters. The lowest BCUT2D eigenvalue weighted by Crippen LogP contribution is -2.35. The third-order valence-electron chi connectivity index (χ3n) is 7.23. The van der Waals surface area contributed by atoms with Gasteiger partial charge in [0.15, 0.2) is 5.82 Å². The second kappa shape index (κ2) is 9.91. The van der Waals surface area contributed by atoms with Gasteiger partial charge in [-0.1, -0.05) is 18.2 Å². The summed E-state index contributed by atoms with van der Waals surface area (Å²) in [5.74, 6) is 0.0949. The van der Waals surface area contributed by atoms with Crippen molar-refractivity contribution < 1.29 is 13.2 Å². The Morgan fingerprint density at radius 1 is 1.08 bits per heavy atom. The van der Waals surface area contributed by atoms with Crippen LogP contribution in [0.25, 0.3) is 11.0 Å². The fourth-order valence-electron chi connectivity index (χ4n) is 5.17. The first kappa shape index (κ1) is 24.9. The maximum absolute atomic E-state index is 14.8. The summed E-state index contributed by atoms with van der Waals surface area (Å²) >= 11 is 0. The molecule has 0 bridgehead atoms. The fourth-order valence-corrected chi connectivity index (χ4v) is 5.17. The molecule has 194 valence electrons. The van der Waals surface area contributed by atoms with Gasteiger partial charge in [0.05, 0.1) is 11.6 Å². The molecule has 10 heteroatoms. The maximum Gasteiger partial charge on any atom is 0.266 e. The van der Waals surface area contributed by atoms with Crippen LogP contribution in [0.1, 0.15) is 54.8 Å². The molecule has 7 nitrogen and oxygen atoms in total. The van der Waals surface area contributed by atoms with Gasteiger partial charge in [-0.2, -0.15) is 5.10 Å². The molecule has 0 aliphatic carbocycles. The minimum absolute atomic E-state index is 0.0775. The van der Waals surface area contributed by atoms with Crippen molar-refractivity contribution in [1.29, 1.82) is 0 Å². The molecule has 0 amide bonds. The Balaban J connectivity index is 1.45. The minimum atomic E-state index is -2.89. The van der Waals surface area contributed by atoms with Crippen molar-refractivity contribution in [3.05, 3.63) is 81.7 Å². The number of nitrogens with one attached hydrogen (secondary N) is 1. The van der Waals surface area contributed by atoms with Crippen LogP contribution in [-0.4, -0.2) is 32.4 Å². The Hall–Kier alpha value is -3.82. The molecule has 0 unspecified atom stereocenters. The van der Waals surface area contributed by atoms with Crippen LogP contribution in [-0.2, 0) is 14.1 Å². The molecule has 0 saturated carbocycles. The number of alkyl halides is 2. The Kier molecular flexibility index (Phi) is 6.66. The van der Waals surface area contributed by atoms with Crippen molar-refractivity contribution in [2.75, 3.05) is 23.3 Å². The topological polar surface area (TPSA) is 68.0 Å². The molecule has 1 saturated heterocycles. The van der Waals surface area contributed by atoms with E-state index in [1.165, 1.54) is 12.1 Å². The van der Waals surface area contributed by atoms with Gasteiger partial charge in [0.2, 0.25) is 0 Å². The number of nitrogens with zero attached hydrogens (tertiary/aromatic N) is 5. The van der Waals surface area contributed by atoms with Crippen molar-refractivity contribution in [3.63, 3.8) is 0 Å². The lowest BCUT2D eigenvalue weighted by atomic mass is 9.89. The van der Waals surface area contributed by atoms with Crippen LogP contribution in [0.2, 0.25) is 0 Å². The summed E-state index contributed by atoms with van der Waals surface area (Å²) in [6.07, 6.45) is 2.21. The highest BCUT2D eigenvalue weighted by molar-refractivity contribution is 5.89. The van der Waals surface area contributed by atoms with E-state index in [-0.39, 0.29) is 17.0 Å². The van der Waals surface area contributed by atoms with E-state index in [0.717, 1.165) is 43.2 Å². The molecule has 0 radical (unpaired) electrons. The first-order valence-electron chi connectivity index (χ1n) is 12.3. The van der Waals surface area contributed by atoms with Crippen molar-refractivity contribution in [1.82, 2.24) is 19.3 Å². The van der Waals surface area contributed by atoms with E-state index < -0.39 is 23.8 Å². The quantitative estimate of drug-likeness (QED) is 0.381. The highest BCUT2D eigenvalue weighted by atomic mass is 19.3.